The zero-order chi connectivity index (χ0) is 68.0. The number of hydrogen-bond acceptors (Lipinski definition) is 18. The molecule has 35 heteroatoms. The third-order valence-corrected chi connectivity index (χ3v) is 13.2. The molecule has 0 aliphatic heterocycles. The highest BCUT2D eigenvalue weighted by atomic mass is 16.5. The third kappa shape index (κ3) is 24.1. The molecule has 0 aliphatic rings. The van der Waals surface area contributed by atoms with Crippen LogP contribution in [0.15, 0.2) is 72.8 Å². The molecule has 496 valence electrons. The smallest absolute Gasteiger partial charge is 0.341 e. The Bertz CT molecular complexity index is 3370. The van der Waals surface area contributed by atoms with Crippen molar-refractivity contribution >= 4 is 99.8 Å². The number of benzene rings is 4. The molecule has 4 aromatic carbocycles. The SMILES string of the molecule is COc1ccc(NC(=O)[C@H](CCCNC(=N)N)NC(=O)c2cc(NC(=O)[C@H](CCCNC(=N)N)NC(=O)c3cc(NC(=O)[C@H](CCCNC(=N)N)NC(=O)c4cc(NC(=O)[C@@H](N)CCCNC(=N)N)ccc4OCC(=O)O)ccc3OC)ccc2OC)cc1C(N)=O. The molecule has 28 N–H and O–H groups in total. The van der Waals surface area contributed by atoms with Gasteiger partial charge in [0, 0.05) is 48.9 Å². The number of carboxylic acids is 1. The zero-order valence-electron chi connectivity index (χ0n) is 50.6. The van der Waals surface area contributed by atoms with Crippen molar-refractivity contribution in [1.82, 2.24) is 37.2 Å². The van der Waals surface area contributed by atoms with Crippen LogP contribution in [0.5, 0.6) is 23.0 Å². The summed E-state index contributed by atoms with van der Waals surface area (Å²) in [6, 6.07) is 10.9. The Hall–Kier alpha value is -11.7. The Balaban J connectivity index is 1.62. The average molecular weight is 1280 g/mol. The summed E-state index contributed by atoms with van der Waals surface area (Å²) in [7, 11) is 3.89. The molecule has 4 atom stereocenters. The molecule has 92 heavy (non-hydrogen) atoms. The minimum Gasteiger partial charge on any atom is -0.496 e. The Labute approximate surface area is 527 Å². The molecule has 4 aromatic rings. The van der Waals surface area contributed by atoms with Gasteiger partial charge in [-0.2, -0.15) is 0 Å². The predicted molar refractivity (Wildman–Crippen MR) is 340 cm³/mol. The zero-order valence-corrected chi connectivity index (χ0v) is 50.6. The van der Waals surface area contributed by atoms with Gasteiger partial charge in [-0.25, -0.2) is 4.79 Å². The van der Waals surface area contributed by atoms with E-state index in [2.05, 4.69) is 58.5 Å². The van der Waals surface area contributed by atoms with Gasteiger partial charge in [0.25, 0.3) is 23.6 Å². The van der Waals surface area contributed by atoms with Crippen molar-refractivity contribution in [2.24, 2.45) is 34.4 Å². The van der Waals surface area contributed by atoms with Crippen LogP contribution >= 0.6 is 0 Å². The molecule has 0 spiro atoms. The number of methoxy groups -OCH3 is 3. The topological polar surface area (TPSA) is 595 Å². The number of carbonyl (C=O) groups is 9. The molecular formula is C57H79N21O14. The Morgan fingerprint density at radius 3 is 1.01 bits per heavy atom. The number of ether oxygens (including phenoxy) is 4. The number of guanidine groups is 4. The molecule has 0 fully saturated rings. The molecule has 0 aliphatic carbocycles. The Morgan fingerprint density at radius 1 is 0.424 bits per heavy atom. The van der Waals surface area contributed by atoms with Crippen molar-refractivity contribution in [2.75, 3.05) is 75.4 Å². The normalized spacial score (nSPS) is 11.8. The van der Waals surface area contributed by atoms with E-state index in [0.29, 0.717) is 6.42 Å². The first-order valence-corrected chi connectivity index (χ1v) is 28.3. The molecule has 0 saturated heterocycles. The number of carboxylic acid groups (broad SMARTS) is 1. The summed E-state index contributed by atoms with van der Waals surface area (Å²) in [6.07, 6.45) is 0.916. The molecule has 0 unspecified atom stereocenters. The molecule has 35 nitrogen and oxygen atoms in total. The van der Waals surface area contributed by atoms with E-state index < -0.39 is 84.0 Å². The quantitative estimate of drug-likeness (QED) is 0.0143. The number of hydrogen-bond donors (Lipinski definition) is 22. The summed E-state index contributed by atoms with van der Waals surface area (Å²) in [6.45, 7) is -0.277. The first kappa shape index (κ1) is 72.8. The molecule has 0 saturated carbocycles. The first-order chi connectivity index (χ1) is 43.7. The molecule has 0 aromatic heterocycles. The second kappa shape index (κ2) is 36.6. The van der Waals surface area contributed by atoms with Crippen LogP contribution in [0.1, 0.15) is 92.8 Å². The van der Waals surface area contributed by atoms with Gasteiger partial charge < -0.3 is 117 Å². The van der Waals surface area contributed by atoms with E-state index in [4.69, 9.17) is 75.0 Å². The van der Waals surface area contributed by atoms with Gasteiger partial charge in [-0.1, -0.05) is 0 Å². The fourth-order valence-corrected chi connectivity index (χ4v) is 8.66. The average Bonchev–Trinajstić information content (AvgIpc) is 1.02. The van der Waals surface area contributed by atoms with Gasteiger partial charge >= 0.3 is 5.97 Å². The van der Waals surface area contributed by atoms with Crippen molar-refractivity contribution < 1.29 is 67.2 Å². The van der Waals surface area contributed by atoms with Crippen LogP contribution in [0.4, 0.5) is 22.7 Å². The maximum Gasteiger partial charge on any atom is 0.341 e. The molecule has 0 radical (unpaired) electrons. The van der Waals surface area contributed by atoms with Crippen LogP contribution in [0.25, 0.3) is 0 Å². The lowest BCUT2D eigenvalue weighted by Gasteiger charge is -2.22. The molecule has 0 heterocycles. The van der Waals surface area contributed by atoms with Crippen LogP contribution in [-0.2, 0) is 24.0 Å². The first-order valence-electron chi connectivity index (χ1n) is 28.3. The lowest BCUT2D eigenvalue weighted by Crippen LogP contribution is -2.45. The third-order valence-electron chi connectivity index (χ3n) is 13.2. The van der Waals surface area contributed by atoms with Crippen LogP contribution in [0.2, 0.25) is 0 Å². The predicted octanol–water partition coefficient (Wildman–Crippen LogP) is -1.20. The number of nitrogens with two attached hydrogens (primary N) is 6. The summed E-state index contributed by atoms with van der Waals surface area (Å²) in [5.74, 6) is -9.25. The fraction of sp³-hybridized carbons (Fsp3) is 0.351. The minimum absolute atomic E-state index is 0.00759. The highest BCUT2D eigenvalue weighted by Crippen LogP contribution is 2.28. The van der Waals surface area contributed by atoms with Crippen molar-refractivity contribution in [3.63, 3.8) is 0 Å². The summed E-state index contributed by atoms with van der Waals surface area (Å²) in [5, 5.41) is 68.4. The van der Waals surface area contributed by atoms with E-state index in [9.17, 15) is 48.3 Å². The highest BCUT2D eigenvalue weighted by Gasteiger charge is 2.29. The maximum atomic E-state index is 14.4. The number of nitrogens with one attached hydrogen (secondary N) is 15. The lowest BCUT2D eigenvalue weighted by molar-refractivity contribution is -0.139. The molecular weight excluding hydrogens is 1200 g/mol. The summed E-state index contributed by atoms with van der Waals surface area (Å²) in [4.78, 5) is 122. The number of anilines is 4. The van der Waals surface area contributed by atoms with E-state index >= 15 is 0 Å². The van der Waals surface area contributed by atoms with Crippen LogP contribution in [-0.4, -0.2) is 160 Å². The van der Waals surface area contributed by atoms with Gasteiger partial charge in [-0.05, 0) is 124 Å². The summed E-state index contributed by atoms with van der Waals surface area (Å²) < 4.78 is 21.6. The fourth-order valence-electron chi connectivity index (χ4n) is 8.66. The van der Waals surface area contributed by atoms with Crippen molar-refractivity contribution in [3.05, 3.63) is 95.1 Å². The van der Waals surface area contributed by atoms with E-state index in [1.807, 2.05) is 0 Å². The van der Waals surface area contributed by atoms with E-state index in [-0.39, 0.29) is 163 Å². The van der Waals surface area contributed by atoms with E-state index in [1.54, 1.807) is 0 Å². The van der Waals surface area contributed by atoms with Crippen molar-refractivity contribution in [3.8, 4) is 23.0 Å². The second-order valence-corrected chi connectivity index (χ2v) is 20.1. The largest absolute Gasteiger partial charge is 0.496 e. The summed E-state index contributed by atoms with van der Waals surface area (Å²) >= 11 is 0. The number of carbonyl (C=O) groups excluding carboxylic acids is 8. The van der Waals surface area contributed by atoms with Gasteiger partial charge in [-0.3, -0.25) is 60.0 Å². The Kier molecular flexibility index (Phi) is 29.0. The Morgan fingerprint density at radius 2 is 0.707 bits per heavy atom. The number of aliphatic carboxylic acids is 1. The van der Waals surface area contributed by atoms with Crippen LogP contribution < -0.4 is 112 Å². The van der Waals surface area contributed by atoms with E-state index in [0.717, 1.165) is 0 Å². The van der Waals surface area contributed by atoms with Gasteiger partial charge in [0.1, 0.15) is 41.1 Å². The lowest BCUT2D eigenvalue weighted by atomic mass is 10.1. The van der Waals surface area contributed by atoms with Gasteiger partial charge in [0.05, 0.1) is 49.6 Å². The van der Waals surface area contributed by atoms with Gasteiger partial charge in [0.2, 0.25) is 23.6 Å². The second-order valence-electron chi connectivity index (χ2n) is 20.1. The van der Waals surface area contributed by atoms with Crippen LogP contribution in [0, 0.1) is 21.6 Å². The minimum atomic E-state index is -1.40. The van der Waals surface area contributed by atoms with Crippen molar-refractivity contribution in [2.45, 2.75) is 75.5 Å². The maximum absolute atomic E-state index is 14.4. The number of amides is 8. The summed E-state index contributed by atoms with van der Waals surface area (Å²) in [5.41, 5.74) is 32.9. The monoisotopic (exact) mass is 1280 g/mol. The van der Waals surface area contributed by atoms with Crippen molar-refractivity contribution in [1.29, 1.82) is 21.6 Å². The molecule has 4 rings (SSSR count). The highest BCUT2D eigenvalue weighted by molar-refractivity contribution is 6.08. The van der Waals surface area contributed by atoms with E-state index in [1.165, 1.54) is 94.1 Å². The van der Waals surface area contributed by atoms with Crippen LogP contribution in [0.3, 0.4) is 0 Å². The van der Waals surface area contributed by atoms with Gasteiger partial charge in [0.15, 0.2) is 30.4 Å². The standard InChI is InChI=1S/C57H79N21O14/c1-89-41-16-12-29(24-33(41)46(59)81)73-51(86)38(9-5-21-69-55(62)63)76-47(82)34-25-31(13-17-42(34)90-2)74-52(87)39(10-6-22-70-56(64)65)77-48(83)35-26-32(14-18-43(35)91-3)75-53(88)40(11-7-23-71-57(66)67)78-49(84)36-27-30(15-19-44(36)92-28-45(79)80)72-50(85)37(58)8-4-20-68-54(60)61/h12-19,24-27,37-40H,4-11,20-23,28,58H2,1-3H3,(H2,59,81)(H,72,85)(H,73,86)(H,74,87)(H,75,88)(H,76,82)(H,77,83)(H,78,84)(H,79,80)(H4,60,61,68)(H4,62,63,69)(H4,64,65,70)(H4,66,67,71)/t37-,38-,39-,40-/m0/s1. The molecule has 8 amide bonds. The number of primary amides is 1. The number of rotatable bonds is 37. The molecule has 0 bridgehead atoms. The van der Waals surface area contributed by atoms with Gasteiger partial charge in [-0.15, -0.1) is 0 Å².